The van der Waals surface area contributed by atoms with Crippen LogP contribution in [-0.2, 0) is 11.2 Å². The Labute approximate surface area is 136 Å². The molecule has 3 rings (SSSR count). The summed E-state index contributed by atoms with van der Waals surface area (Å²) in [5, 5.41) is 15.6. The first-order valence-electron chi connectivity index (χ1n) is 7.10. The molecule has 23 heavy (non-hydrogen) atoms. The number of aromatic nitrogens is 4. The van der Waals surface area contributed by atoms with Gasteiger partial charge in [-0.05, 0) is 13.8 Å². The molecule has 0 saturated carbocycles. The van der Waals surface area contributed by atoms with E-state index in [9.17, 15) is 4.79 Å². The third kappa shape index (κ3) is 3.98. The first-order valence-corrected chi connectivity index (χ1v) is 7.91. The van der Waals surface area contributed by atoms with Crippen molar-refractivity contribution in [2.45, 2.75) is 26.7 Å². The quantitative estimate of drug-likeness (QED) is 0.773. The molecule has 1 amide bonds. The van der Waals surface area contributed by atoms with Crippen LogP contribution in [0.2, 0.25) is 0 Å². The van der Waals surface area contributed by atoms with E-state index in [1.54, 1.807) is 0 Å². The smallest absolute Gasteiger partial charge is 0.227 e. The summed E-state index contributed by atoms with van der Waals surface area (Å²) in [6.07, 6.45) is 0.622. The zero-order chi connectivity index (χ0) is 16.2. The number of hydrogen-bond donors (Lipinski definition) is 1. The highest BCUT2D eigenvalue weighted by atomic mass is 32.1. The summed E-state index contributed by atoms with van der Waals surface area (Å²) in [7, 11) is 0. The molecule has 8 heteroatoms. The zero-order valence-corrected chi connectivity index (χ0v) is 13.6. The van der Waals surface area contributed by atoms with E-state index in [4.69, 9.17) is 4.52 Å². The maximum atomic E-state index is 11.8. The fourth-order valence-corrected chi connectivity index (χ4v) is 2.53. The Balaban J connectivity index is 1.56. The topological polar surface area (TPSA) is 93.8 Å². The van der Waals surface area contributed by atoms with Gasteiger partial charge in [-0.3, -0.25) is 4.79 Å². The molecule has 0 aliphatic rings. The van der Waals surface area contributed by atoms with Crippen LogP contribution in [0.15, 0.2) is 28.8 Å². The normalized spacial score (nSPS) is 10.7. The second-order valence-electron chi connectivity index (χ2n) is 5.05. The molecular weight excluding hydrogens is 314 g/mol. The average molecular weight is 329 g/mol. The van der Waals surface area contributed by atoms with E-state index in [2.05, 4.69) is 25.7 Å². The molecule has 3 aromatic rings. The standard InChI is InChI=1S/C15H15N5O2S/c1-9-3-5-11(6-4-9)14-17-13(22-20-14)8-7-12(21)16-15-19-18-10(2)23-15/h3-6H,7-8H2,1-2H3,(H,16,19,21). The van der Waals surface area contributed by atoms with Gasteiger partial charge in [0.15, 0.2) is 0 Å². The van der Waals surface area contributed by atoms with E-state index < -0.39 is 0 Å². The van der Waals surface area contributed by atoms with E-state index in [-0.39, 0.29) is 12.3 Å². The number of benzene rings is 1. The zero-order valence-electron chi connectivity index (χ0n) is 12.7. The largest absolute Gasteiger partial charge is 0.339 e. The van der Waals surface area contributed by atoms with E-state index in [0.717, 1.165) is 10.6 Å². The van der Waals surface area contributed by atoms with E-state index >= 15 is 0 Å². The highest BCUT2D eigenvalue weighted by molar-refractivity contribution is 7.15. The average Bonchev–Trinajstić information content (AvgIpc) is 3.15. The lowest BCUT2D eigenvalue weighted by molar-refractivity contribution is -0.116. The molecule has 0 atom stereocenters. The van der Waals surface area contributed by atoms with Crippen molar-refractivity contribution in [2.24, 2.45) is 0 Å². The predicted octanol–water partition coefficient (Wildman–Crippen LogP) is 2.78. The second-order valence-corrected chi connectivity index (χ2v) is 6.23. The number of nitrogens with one attached hydrogen (secondary N) is 1. The summed E-state index contributed by atoms with van der Waals surface area (Å²) in [5.41, 5.74) is 2.06. The van der Waals surface area contributed by atoms with Crippen molar-refractivity contribution in [1.29, 1.82) is 0 Å². The summed E-state index contributed by atoms with van der Waals surface area (Å²) < 4.78 is 5.19. The SMILES string of the molecule is Cc1ccc(-c2noc(CCC(=O)Nc3nnc(C)s3)n2)cc1. The fraction of sp³-hybridized carbons (Fsp3) is 0.267. The molecule has 7 nitrogen and oxygen atoms in total. The number of carbonyl (C=O) groups is 1. The van der Waals surface area contributed by atoms with Crippen molar-refractivity contribution in [2.75, 3.05) is 5.32 Å². The summed E-state index contributed by atoms with van der Waals surface area (Å²) in [6.45, 7) is 3.85. The molecule has 0 aliphatic heterocycles. The van der Waals surface area contributed by atoms with E-state index in [0.29, 0.717) is 23.3 Å². The van der Waals surface area contributed by atoms with Gasteiger partial charge in [0.2, 0.25) is 22.8 Å². The number of rotatable bonds is 5. The minimum atomic E-state index is -0.156. The van der Waals surface area contributed by atoms with Crippen LogP contribution in [0.4, 0.5) is 5.13 Å². The predicted molar refractivity (Wildman–Crippen MR) is 86.1 cm³/mol. The van der Waals surface area contributed by atoms with Crippen molar-refractivity contribution in [3.05, 3.63) is 40.7 Å². The highest BCUT2D eigenvalue weighted by Gasteiger charge is 2.12. The molecule has 0 fully saturated rings. The maximum absolute atomic E-state index is 11.8. The fourth-order valence-electron chi connectivity index (χ4n) is 1.93. The molecule has 2 heterocycles. The molecule has 0 aliphatic carbocycles. The molecule has 0 radical (unpaired) electrons. The molecule has 0 bridgehead atoms. The van der Waals surface area contributed by atoms with Gasteiger partial charge in [-0.2, -0.15) is 4.98 Å². The maximum Gasteiger partial charge on any atom is 0.227 e. The summed E-state index contributed by atoms with van der Waals surface area (Å²) in [4.78, 5) is 16.2. The van der Waals surface area contributed by atoms with E-state index in [1.807, 2.05) is 38.1 Å². The van der Waals surface area contributed by atoms with Gasteiger partial charge in [-0.1, -0.05) is 46.3 Å². The Morgan fingerprint density at radius 3 is 2.70 bits per heavy atom. The van der Waals surface area contributed by atoms with Crippen LogP contribution in [0.3, 0.4) is 0 Å². The number of hydrogen-bond acceptors (Lipinski definition) is 7. The number of anilines is 1. The summed E-state index contributed by atoms with van der Waals surface area (Å²) in [6, 6.07) is 7.86. The van der Waals surface area contributed by atoms with Crippen LogP contribution in [0.25, 0.3) is 11.4 Å². The van der Waals surface area contributed by atoms with Crippen molar-refractivity contribution >= 4 is 22.4 Å². The van der Waals surface area contributed by atoms with Gasteiger partial charge < -0.3 is 9.84 Å². The number of amides is 1. The number of nitrogens with zero attached hydrogens (tertiary/aromatic N) is 4. The monoisotopic (exact) mass is 329 g/mol. The number of aryl methyl sites for hydroxylation is 3. The minimum Gasteiger partial charge on any atom is -0.339 e. The minimum absolute atomic E-state index is 0.156. The highest BCUT2D eigenvalue weighted by Crippen LogP contribution is 2.17. The lowest BCUT2D eigenvalue weighted by Crippen LogP contribution is -2.12. The van der Waals surface area contributed by atoms with Gasteiger partial charge in [0.05, 0.1) is 0 Å². The lowest BCUT2D eigenvalue weighted by Gasteiger charge is -1.98. The van der Waals surface area contributed by atoms with Crippen LogP contribution in [0, 0.1) is 13.8 Å². The summed E-state index contributed by atoms with van der Waals surface area (Å²) in [5.74, 6) is 0.806. The van der Waals surface area contributed by atoms with Crippen LogP contribution in [-0.4, -0.2) is 26.2 Å². The molecule has 0 spiro atoms. The Kier molecular flexibility index (Phi) is 4.42. The van der Waals surface area contributed by atoms with Crippen LogP contribution in [0.5, 0.6) is 0 Å². The first kappa shape index (κ1) is 15.3. The Morgan fingerprint density at radius 2 is 2.00 bits per heavy atom. The van der Waals surface area contributed by atoms with Crippen LogP contribution < -0.4 is 5.32 Å². The molecule has 118 valence electrons. The summed E-state index contributed by atoms with van der Waals surface area (Å²) >= 11 is 1.33. The van der Waals surface area contributed by atoms with E-state index in [1.165, 1.54) is 16.9 Å². The van der Waals surface area contributed by atoms with Crippen LogP contribution >= 0.6 is 11.3 Å². The first-order chi connectivity index (χ1) is 11.1. The molecule has 0 saturated heterocycles. The Bertz CT molecular complexity index is 809. The molecule has 1 aromatic carbocycles. The van der Waals surface area contributed by atoms with Gasteiger partial charge in [-0.15, -0.1) is 10.2 Å². The van der Waals surface area contributed by atoms with Crippen molar-refractivity contribution in [1.82, 2.24) is 20.3 Å². The Hall–Kier alpha value is -2.61. The lowest BCUT2D eigenvalue weighted by atomic mass is 10.1. The Morgan fingerprint density at radius 1 is 1.22 bits per heavy atom. The number of carbonyl (C=O) groups excluding carboxylic acids is 1. The molecule has 0 unspecified atom stereocenters. The third-order valence-electron chi connectivity index (χ3n) is 3.12. The van der Waals surface area contributed by atoms with Gasteiger partial charge in [0, 0.05) is 18.4 Å². The third-order valence-corrected chi connectivity index (χ3v) is 3.87. The van der Waals surface area contributed by atoms with Gasteiger partial charge in [0.1, 0.15) is 5.01 Å². The van der Waals surface area contributed by atoms with Crippen molar-refractivity contribution in [3.8, 4) is 11.4 Å². The van der Waals surface area contributed by atoms with Gasteiger partial charge in [0.25, 0.3) is 0 Å². The van der Waals surface area contributed by atoms with Crippen LogP contribution in [0.1, 0.15) is 22.9 Å². The van der Waals surface area contributed by atoms with Crippen molar-refractivity contribution < 1.29 is 9.32 Å². The second kappa shape index (κ2) is 6.66. The van der Waals surface area contributed by atoms with Gasteiger partial charge >= 0.3 is 0 Å². The van der Waals surface area contributed by atoms with Crippen molar-refractivity contribution in [3.63, 3.8) is 0 Å². The molecule has 1 N–H and O–H groups in total. The molecule has 2 aromatic heterocycles. The molecular formula is C15H15N5O2S. The van der Waals surface area contributed by atoms with Gasteiger partial charge in [-0.25, -0.2) is 0 Å².